The Hall–Kier alpha value is -1.13. The zero-order valence-electron chi connectivity index (χ0n) is 27.8. The second-order valence-corrected chi connectivity index (χ2v) is 18.3. The van der Waals surface area contributed by atoms with Crippen LogP contribution >= 0.6 is 11.8 Å². The van der Waals surface area contributed by atoms with Crippen LogP contribution in [-0.4, -0.2) is 45.3 Å². The van der Waals surface area contributed by atoms with Crippen molar-refractivity contribution in [2.45, 2.75) is 134 Å². The van der Waals surface area contributed by atoms with Crippen LogP contribution < -0.4 is 5.73 Å². The SMILES string of the molecule is CC(C)CCC[C@@H](C)[C@H]1CC[C@H]2[C@@H]3CC(SC(=N)N)C4(O)CC(O)CC[C@]4(C)[C@H]3CC[C@]12C.Cc1ccc(S(=O)(=O)O)cc1. The molecule has 0 spiro atoms. The summed E-state index contributed by atoms with van der Waals surface area (Å²) in [5, 5.41) is 30.7. The number of aliphatic hydroxyl groups is 2. The van der Waals surface area contributed by atoms with Crippen molar-refractivity contribution in [1.29, 1.82) is 5.41 Å². The van der Waals surface area contributed by atoms with Gasteiger partial charge in [-0.15, -0.1) is 0 Å². The Kier molecular flexibility index (Phi) is 11.0. The molecule has 4 fully saturated rings. The largest absolute Gasteiger partial charge is 0.393 e. The molecule has 0 radical (unpaired) electrons. The Labute approximate surface area is 270 Å². The van der Waals surface area contributed by atoms with Crippen molar-refractivity contribution in [3.8, 4) is 0 Å². The van der Waals surface area contributed by atoms with E-state index >= 15 is 0 Å². The summed E-state index contributed by atoms with van der Waals surface area (Å²) in [4.78, 5) is -0.0666. The van der Waals surface area contributed by atoms with Gasteiger partial charge in [0.15, 0.2) is 5.17 Å². The van der Waals surface area contributed by atoms with Gasteiger partial charge in [0, 0.05) is 17.1 Å². The summed E-state index contributed by atoms with van der Waals surface area (Å²) in [6, 6.07) is 5.99. The second-order valence-electron chi connectivity index (χ2n) is 15.6. The minimum atomic E-state index is -4.02. The van der Waals surface area contributed by atoms with Gasteiger partial charge in [0.25, 0.3) is 10.1 Å². The van der Waals surface area contributed by atoms with Gasteiger partial charge in [0.05, 0.1) is 16.6 Å². The molecule has 9 heteroatoms. The monoisotopic (exact) mass is 650 g/mol. The quantitative estimate of drug-likeness (QED) is 0.117. The molecule has 6 N–H and O–H groups in total. The van der Waals surface area contributed by atoms with Crippen LogP contribution in [0.25, 0.3) is 0 Å². The highest BCUT2D eigenvalue weighted by Gasteiger charge is 2.67. The maximum atomic E-state index is 12.1. The number of aliphatic hydroxyl groups excluding tert-OH is 1. The lowest BCUT2D eigenvalue weighted by atomic mass is 9.43. The number of hydrogen-bond donors (Lipinski definition) is 5. The summed E-state index contributed by atoms with van der Waals surface area (Å²) in [7, 11) is -4.02. The first-order chi connectivity index (χ1) is 20.4. The lowest BCUT2D eigenvalue weighted by Crippen LogP contribution is -2.68. The molecule has 4 aliphatic rings. The Bertz CT molecular complexity index is 1260. The summed E-state index contributed by atoms with van der Waals surface area (Å²) in [5.41, 5.74) is 6.12. The van der Waals surface area contributed by atoms with Crippen molar-refractivity contribution < 1.29 is 23.2 Å². The lowest BCUT2D eigenvalue weighted by molar-refractivity contribution is -0.216. The third-order valence-electron chi connectivity index (χ3n) is 12.6. The van der Waals surface area contributed by atoms with E-state index in [0.717, 1.165) is 48.5 Å². The molecule has 250 valence electrons. The van der Waals surface area contributed by atoms with Crippen molar-refractivity contribution in [3.05, 3.63) is 29.8 Å². The van der Waals surface area contributed by atoms with Gasteiger partial charge in [0.2, 0.25) is 0 Å². The number of nitrogens with two attached hydrogens (primary N) is 1. The highest BCUT2D eigenvalue weighted by molar-refractivity contribution is 8.14. The van der Waals surface area contributed by atoms with Crippen molar-refractivity contribution >= 4 is 27.0 Å². The number of benzene rings is 1. The van der Waals surface area contributed by atoms with E-state index in [-0.39, 0.29) is 20.7 Å². The molecule has 3 unspecified atom stereocenters. The topological polar surface area (TPSA) is 145 Å². The van der Waals surface area contributed by atoms with E-state index in [0.29, 0.717) is 23.7 Å². The zero-order chi connectivity index (χ0) is 32.7. The summed E-state index contributed by atoms with van der Waals surface area (Å²) in [5.74, 6) is 4.25. The molecule has 0 bridgehead atoms. The Morgan fingerprint density at radius 3 is 2.30 bits per heavy atom. The van der Waals surface area contributed by atoms with E-state index < -0.39 is 21.8 Å². The van der Waals surface area contributed by atoms with E-state index in [1.54, 1.807) is 12.1 Å². The van der Waals surface area contributed by atoms with Crippen LogP contribution in [0.1, 0.15) is 111 Å². The molecule has 4 aliphatic carbocycles. The highest BCUT2D eigenvalue weighted by atomic mass is 32.2. The number of hydrogen-bond acceptors (Lipinski definition) is 6. The zero-order valence-corrected chi connectivity index (χ0v) is 29.4. The van der Waals surface area contributed by atoms with Crippen LogP contribution in [0, 0.1) is 58.7 Å². The van der Waals surface area contributed by atoms with Gasteiger partial charge in [-0.05, 0) is 105 Å². The molecule has 0 aliphatic heterocycles. The first-order valence-electron chi connectivity index (χ1n) is 16.9. The second kappa shape index (κ2) is 13.5. The summed E-state index contributed by atoms with van der Waals surface area (Å²) in [6.07, 6.45) is 11.9. The molecule has 10 atom stereocenters. The average molecular weight is 651 g/mol. The molecule has 7 nitrogen and oxygen atoms in total. The van der Waals surface area contributed by atoms with Crippen LogP contribution in [0.2, 0.25) is 0 Å². The first-order valence-corrected chi connectivity index (χ1v) is 19.2. The fourth-order valence-electron chi connectivity index (χ4n) is 10.3. The van der Waals surface area contributed by atoms with Crippen LogP contribution in [0.4, 0.5) is 0 Å². The Morgan fingerprint density at radius 1 is 1.05 bits per heavy atom. The lowest BCUT2D eigenvalue weighted by Gasteiger charge is -2.66. The fourth-order valence-corrected chi connectivity index (χ4v) is 11.9. The number of nitrogens with one attached hydrogen (secondary N) is 1. The molecular formula is C35H58N2O5S2. The van der Waals surface area contributed by atoms with Crippen molar-refractivity contribution in [1.82, 2.24) is 0 Å². The third-order valence-corrected chi connectivity index (χ3v) is 14.6. The molecule has 5 rings (SSSR count). The van der Waals surface area contributed by atoms with E-state index in [1.165, 1.54) is 68.8 Å². The smallest absolute Gasteiger partial charge is 0.294 e. The van der Waals surface area contributed by atoms with Crippen molar-refractivity contribution in [2.75, 3.05) is 0 Å². The standard InChI is InChI=1S/C28H50N2O2S.C7H8O3S/c1-17(2)7-6-8-18(3)21-9-10-22-20-15-24(33-25(29)30)28(32)16-19(31)11-14-27(28,5)23(20)12-13-26(21,22)4;1-6-2-4-7(5-3-6)11(8,9)10/h17-24,31-32H,6-16H2,1-5H3,(H3,29,30);2-5H,1H3,(H,8,9,10)/t18-,19?,20+,21-,22+,23+,24?,26-,27-,28?;/m1./s1. The van der Waals surface area contributed by atoms with E-state index in [9.17, 15) is 18.6 Å². The van der Waals surface area contributed by atoms with E-state index in [1.807, 2.05) is 6.92 Å². The minimum absolute atomic E-state index is 0.0666. The average Bonchev–Trinajstić information content (AvgIpc) is 3.27. The Morgan fingerprint density at radius 2 is 1.70 bits per heavy atom. The van der Waals surface area contributed by atoms with Gasteiger partial charge < -0.3 is 15.9 Å². The van der Waals surface area contributed by atoms with E-state index in [4.69, 9.17) is 15.7 Å². The molecule has 0 amide bonds. The summed E-state index contributed by atoms with van der Waals surface area (Å²) < 4.78 is 29.6. The number of fused-ring (bicyclic) bond motifs is 5. The first kappa shape index (κ1) is 35.7. The van der Waals surface area contributed by atoms with Crippen LogP contribution in [0.3, 0.4) is 0 Å². The van der Waals surface area contributed by atoms with Gasteiger partial charge in [-0.25, -0.2) is 0 Å². The molecule has 44 heavy (non-hydrogen) atoms. The predicted molar refractivity (Wildman–Crippen MR) is 180 cm³/mol. The van der Waals surface area contributed by atoms with Gasteiger partial charge in [0.1, 0.15) is 0 Å². The van der Waals surface area contributed by atoms with Gasteiger partial charge >= 0.3 is 0 Å². The van der Waals surface area contributed by atoms with Crippen molar-refractivity contribution in [3.63, 3.8) is 0 Å². The number of rotatable bonds is 7. The van der Waals surface area contributed by atoms with Gasteiger partial charge in [-0.1, -0.05) is 83.3 Å². The van der Waals surface area contributed by atoms with E-state index in [2.05, 4.69) is 34.6 Å². The van der Waals surface area contributed by atoms with Crippen molar-refractivity contribution in [2.24, 2.45) is 52.1 Å². The third kappa shape index (κ3) is 7.07. The molecule has 1 aromatic rings. The molecular weight excluding hydrogens is 593 g/mol. The Balaban J connectivity index is 0.000000339. The maximum Gasteiger partial charge on any atom is 0.294 e. The number of thioether (sulfide) groups is 1. The maximum absolute atomic E-state index is 12.1. The predicted octanol–water partition coefficient (Wildman–Crippen LogP) is 7.43. The van der Waals surface area contributed by atoms with Crippen LogP contribution in [-0.2, 0) is 10.1 Å². The van der Waals surface area contributed by atoms with Crippen LogP contribution in [0.15, 0.2) is 29.2 Å². The molecule has 0 saturated heterocycles. The normalized spacial score (nSPS) is 39.0. The molecule has 1 aromatic carbocycles. The fraction of sp³-hybridized carbons (Fsp3) is 0.800. The molecule has 0 heterocycles. The van der Waals surface area contributed by atoms with Gasteiger partial charge in [-0.3, -0.25) is 9.96 Å². The van der Waals surface area contributed by atoms with Gasteiger partial charge in [-0.2, -0.15) is 8.42 Å². The summed E-state index contributed by atoms with van der Waals surface area (Å²) >= 11 is 1.37. The number of aryl methyl sites for hydroxylation is 1. The highest BCUT2D eigenvalue weighted by Crippen LogP contribution is 2.70. The molecule has 0 aromatic heterocycles. The summed E-state index contributed by atoms with van der Waals surface area (Å²) in [6.45, 7) is 13.9. The van der Waals surface area contributed by atoms with Crippen LogP contribution in [0.5, 0.6) is 0 Å². The minimum Gasteiger partial charge on any atom is -0.393 e. The molecule has 4 saturated carbocycles. The number of amidine groups is 1.